The third kappa shape index (κ3) is 4.26. The minimum atomic E-state index is -0.589. The number of aromatic nitrogens is 6. The van der Waals surface area contributed by atoms with Crippen LogP contribution in [0.4, 0.5) is 15.9 Å². The molecule has 2 aromatic carbocycles. The summed E-state index contributed by atoms with van der Waals surface area (Å²) in [7, 11) is 0. The summed E-state index contributed by atoms with van der Waals surface area (Å²) in [4.78, 5) is 36.1. The molecule has 1 saturated heterocycles. The fourth-order valence-electron chi connectivity index (χ4n) is 4.50. The van der Waals surface area contributed by atoms with Gasteiger partial charge >= 0.3 is 0 Å². The Balaban J connectivity index is 1.28. The maximum Gasteiger partial charge on any atom is 0.230 e. The number of nitrogens with zero attached hydrogens (tertiary/aromatic N) is 7. The first kappa shape index (κ1) is 23.7. The summed E-state index contributed by atoms with van der Waals surface area (Å²) in [5.41, 5.74) is 2.54. The second kappa shape index (κ2) is 9.34. The van der Waals surface area contributed by atoms with Crippen molar-refractivity contribution in [3.05, 3.63) is 83.7 Å². The van der Waals surface area contributed by atoms with E-state index >= 15 is 0 Å². The van der Waals surface area contributed by atoms with Gasteiger partial charge in [0.25, 0.3) is 0 Å². The fourth-order valence-corrected chi connectivity index (χ4v) is 4.63. The number of amides is 2. The van der Waals surface area contributed by atoms with Crippen LogP contribution in [0, 0.1) is 18.7 Å². The van der Waals surface area contributed by atoms with Crippen LogP contribution in [0.5, 0.6) is 0 Å². The van der Waals surface area contributed by atoms with Crippen LogP contribution in [0.2, 0.25) is 5.02 Å². The van der Waals surface area contributed by atoms with Gasteiger partial charge < -0.3 is 10.2 Å². The Hall–Kier alpha value is -4.64. The number of rotatable bonds is 5. The van der Waals surface area contributed by atoms with Gasteiger partial charge in [0.15, 0.2) is 11.5 Å². The predicted molar refractivity (Wildman–Crippen MR) is 139 cm³/mol. The van der Waals surface area contributed by atoms with Gasteiger partial charge in [0, 0.05) is 29.7 Å². The molecule has 0 aliphatic carbocycles. The highest BCUT2D eigenvalue weighted by Gasteiger charge is 2.35. The highest BCUT2D eigenvalue weighted by Crippen LogP contribution is 2.28. The molecule has 1 N–H and O–H groups in total. The molecule has 10 nitrogen and oxygen atoms in total. The van der Waals surface area contributed by atoms with Crippen molar-refractivity contribution in [2.75, 3.05) is 16.8 Å². The molecular formula is C26H20ClFN8O2. The van der Waals surface area contributed by atoms with Gasteiger partial charge in [0.05, 0.1) is 28.9 Å². The molecule has 1 aliphatic rings. The average Bonchev–Trinajstić information content (AvgIpc) is 3.61. The van der Waals surface area contributed by atoms with Gasteiger partial charge in [-0.15, -0.1) is 0 Å². The SMILES string of the molecule is Cc1cc(NC(=O)C2CC(=O)N(c3ccc(F)cc3)C2)n(-c2ncnc3c2cnn3-c2ccc(Cl)cc2)n1. The molecule has 1 atom stereocenters. The van der Waals surface area contributed by atoms with Crippen molar-refractivity contribution in [3.8, 4) is 11.5 Å². The molecule has 0 radical (unpaired) electrons. The zero-order valence-corrected chi connectivity index (χ0v) is 20.8. The predicted octanol–water partition coefficient (Wildman–Crippen LogP) is 4.09. The van der Waals surface area contributed by atoms with Crippen molar-refractivity contribution in [2.45, 2.75) is 13.3 Å². The molecule has 190 valence electrons. The Morgan fingerprint density at radius 2 is 1.79 bits per heavy atom. The second-order valence-corrected chi connectivity index (χ2v) is 9.36. The number of carbonyl (C=O) groups excluding carboxylic acids is 2. The van der Waals surface area contributed by atoms with Crippen molar-refractivity contribution in [3.63, 3.8) is 0 Å². The van der Waals surface area contributed by atoms with Crippen molar-refractivity contribution in [2.24, 2.45) is 5.92 Å². The van der Waals surface area contributed by atoms with Crippen LogP contribution in [0.1, 0.15) is 12.1 Å². The molecule has 1 aliphatic heterocycles. The van der Waals surface area contributed by atoms with Crippen LogP contribution in [-0.2, 0) is 9.59 Å². The summed E-state index contributed by atoms with van der Waals surface area (Å²) in [6.07, 6.45) is 3.09. The maximum absolute atomic E-state index is 13.3. The quantitative estimate of drug-likeness (QED) is 0.366. The largest absolute Gasteiger partial charge is 0.312 e. The van der Waals surface area contributed by atoms with Crippen LogP contribution in [0.25, 0.3) is 22.5 Å². The maximum atomic E-state index is 13.3. The lowest BCUT2D eigenvalue weighted by Gasteiger charge is -2.16. The summed E-state index contributed by atoms with van der Waals surface area (Å²) < 4.78 is 16.5. The number of anilines is 2. The molecule has 1 unspecified atom stereocenters. The number of carbonyl (C=O) groups is 2. The highest BCUT2D eigenvalue weighted by molar-refractivity contribution is 6.30. The first-order valence-corrected chi connectivity index (χ1v) is 12.1. The lowest BCUT2D eigenvalue weighted by molar-refractivity contribution is -0.122. The number of benzene rings is 2. The zero-order chi connectivity index (χ0) is 26.4. The van der Waals surface area contributed by atoms with Crippen molar-refractivity contribution in [1.82, 2.24) is 29.5 Å². The molecule has 38 heavy (non-hydrogen) atoms. The van der Waals surface area contributed by atoms with E-state index in [1.807, 2.05) is 12.1 Å². The Morgan fingerprint density at radius 1 is 1.05 bits per heavy atom. The van der Waals surface area contributed by atoms with Gasteiger partial charge in [0.1, 0.15) is 18.0 Å². The van der Waals surface area contributed by atoms with E-state index in [4.69, 9.17) is 11.6 Å². The zero-order valence-electron chi connectivity index (χ0n) is 20.0. The smallest absolute Gasteiger partial charge is 0.230 e. The summed E-state index contributed by atoms with van der Waals surface area (Å²) >= 11 is 6.02. The van der Waals surface area contributed by atoms with Crippen molar-refractivity contribution in [1.29, 1.82) is 0 Å². The van der Waals surface area contributed by atoms with E-state index in [9.17, 15) is 14.0 Å². The Bertz CT molecular complexity index is 1680. The summed E-state index contributed by atoms with van der Waals surface area (Å²) in [5.74, 6) is -0.668. The summed E-state index contributed by atoms with van der Waals surface area (Å²) in [6.45, 7) is 1.99. The highest BCUT2D eigenvalue weighted by atomic mass is 35.5. The van der Waals surface area contributed by atoms with Crippen LogP contribution in [0.3, 0.4) is 0 Å². The first-order chi connectivity index (χ1) is 18.4. The summed E-state index contributed by atoms with van der Waals surface area (Å²) in [5, 5.41) is 13.1. The summed E-state index contributed by atoms with van der Waals surface area (Å²) in [6, 6.07) is 14.5. The van der Waals surface area contributed by atoms with Crippen LogP contribution >= 0.6 is 11.6 Å². The minimum absolute atomic E-state index is 0.0436. The molecule has 1 fully saturated rings. The van der Waals surface area contributed by atoms with Crippen LogP contribution in [0.15, 0.2) is 67.1 Å². The third-order valence-corrected chi connectivity index (χ3v) is 6.59. The molecule has 3 aromatic heterocycles. The van der Waals surface area contributed by atoms with E-state index in [2.05, 4.69) is 25.5 Å². The molecule has 0 spiro atoms. The van der Waals surface area contributed by atoms with E-state index in [1.54, 1.807) is 36.0 Å². The van der Waals surface area contributed by atoms with E-state index in [0.717, 1.165) is 5.69 Å². The first-order valence-electron chi connectivity index (χ1n) is 11.8. The van der Waals surface area contributed by atoms with Gasteiger partial charge in [-0.1, -0.05) is 11.6 Å². The Labute approximate surface area is 220 Å². The van der Waals surface area contributed by atoms with E-state index in [0.29, 0.717) is 39.1 Å². The number of hydrogen-bond donors (Lipinski definition) is 1. The van der Waals surface area contributed by atoms with Crippen LogP contribution in [-0.4, -0.2) is 47.9 Å². The number of nitrogens with one attached hydrogen (secondary N) is 1. The monoisotopic (exact) mass is 530 g/mol. The number of aryl methyl sites for hydroxylation is 1. The van der Waals surface area contributed by atoms with E-state index < -0.39 is 11.7 Å². The Kier molecular flexibility index (Phi) is 5.84. The van der Waals surface area contributed by atoms with Gasteiger partial charge in [-0.2, -0.15) is 14.9 Å². The molecule has 6 rings (SSSR count). The lowest BCUT2D eigenvalue weighted by Crippen LogP contribution is -2.28. The molecule has 0 bridgehead atoms. The fraction of sp³-hybridized carbons (Fsp3) is 0.154. The normalized spacial score (nSPS) is 15.4. The molecule has 5 aromatic rings. The topological polar surface area (TPSA) is 111 Å². The number of halogens is 2. The van der Waals surface area contributed by atoms with Gasteiger partial charge in [-0.25, -0.2) is 19.0 Å². The van der Waals surface area contributed by atoms with Crippen molar-refractivity contribution < 1.29 is 14.0 Å². The van der Waals surface area contributed by atoms with Gasteiger partial charge in [0.2, 0.25) is 11.8 Å². The average molecular weight is 531 g/mol. The molecule has 2 amide bonds. The molecule has 0 saturated carbocycles. The van der Waals surface area contributed by atoms with Crippen molar-refractivity contribution >= 4 is 46.0 Å². The minimum Gasteiger partial charge on any atom is -0.312 e. The number of hydrogen-bond acceptors (Lipinski definition) is 6. The second-order valence-electron chi connectivity index (χ2n) is 8.92. The Morgan fingerprint density at radius 3 is 2.55 bits per heavy atom. The van der Waals surface area contributed by atoms with E-state index in [1.165, 1.54) is 40.2 Å². The van der Waals surface area contributed by atoms with Crippen LogP contribution < -0.4 is 10.2 Å². The molecule has 4 heterocycles. The molecular weight excluding hydrogens is 511 g/mol. The molecule has 12 heteroatoms. The van der Waals surface area contributed by atoms with Gasteiger partial charge in [-0.05, 0) is 55.5 Å². The number of fused-ring (bicyclic) bond motifs is 1. The van der Waals surface area contributed by atoms with Gasteiger partial charge in [-0.3, -0.25) is 9.59 Å². The lowest BCUT2D eigenvalue weighted by atomic mass is 10.1. The third-order valence-electron chi connectivity index (χ3n) is 6.33. The standard InChI is InChI=1S/C26H20ClFN8O2/c1-15-10-22(32-26(38)16-11-23(37)34(13-16)19-8-4-18(28)5-9-19)36(33-15)25-21-12-31-35(24(21)29-14-30-25)20-6-2-17(27)3-7-20/h2-10,12,14,16H,11,13H2,1H3,(H,32,38). The van der Waals surface area contributed by atoms with E-state index in [-0.39, 0.29) is 24.8 Å².